The van der Waals surface area contributed by atoms with Crippen LogP contribution in [-0.4, -0.2) is 26.8 Å². The van der Waals surface area contributed by atoms with E-state index in [2.05, 4.69) is 10.0 Å². The molecule has 0 unspecified atom stereocenters. The Balaban J connectivity index is 1.70. The van der Waals surface area contributed by atoms with Gasteiger partial charge in [0.05, 0.1) is 16.3 Å². The van der Waals surface area contributed by atoms with Crippen LogP contribution < -0.4 is 14.9 Å². The van der Waals surface area contributed by atoms with Crippen molar-refractivity contribution < 1.29 is 18.0 Å². The van der Waals surface area contributed by atoms with Crippen LogP contribution in [0, 0.1) is 13.8 Å². The average Bonchev–Trinajstić information content (AvgIpc) is 2.72. The number of hydrogen-bond donors (Lipinski definition) is 2. The summed E-state index contributed by atoms with van der Waals surface area (Å²) < 4.78 is 28.6. The summed E-state index contributed by atoms with van der Waals surface area (Å²) >= 11 is 0. The first-order valence-electron chi connectivity index (χ1n) is 9.65. The van der Waals surface area contributed by atoms with Crippen LogP contribution in [0.3, 0.4) is 0 Å². The van der Waals surface area contributed by atoms with E-state index in [1.165, 1.54) is 11.0 Å². The van der Waals surface area contributed by atoms with Gasteiger partial charge in [-0.05, 0) is 61.4 Å². The number of carbonyl (C=O) groups excluding carboxylic acids is 2. The Hall–Kier alpha value is -3.65. The van der Waals surface area contributed by atoms with Crippen LogP contribution in [0.1, 0.15) is 21.5 Å². The standard InChI is InChI=1S/C23H21N3O4S/c1-15-6-5-7-18(12-15)25-31(29,30)21-13-17(11-10-16(21)2)23(28)26-14-22(27)24-19-8-3-4-9-20(19)26/h3-13,25H,14H2,1-2H3,(H,24,27). The van der Waals surface area contributed by atoms with E-state index >= 15 is 0 Å². The highest BCUT2D eigenvalue weighted by Crippen LogP contribution is 2.31. The number of aryl methyl sites for hydroxylation is 2. The van der Waals surface area contributed by atoms with E-state index in [-0.39, 0.29) is 22.9 Å². The summed E-state index contributed by atoms with van der Waals surface area (Å²) in [6.45, 7) is 3.39. The molecule has 31 heavy (non-hydrogen) atoms. The number of benzene rings is 3. The van der Waals surface area contributed by atoms with Gasteiger partial charge >= 0.3 is 0 Å². The second kappa shape index (κ2) is 7.88. The molecule has 0 fully saturated rings. The van der Waals surface area contributed by atoms with Crippen LogP contribution in [0.2, 0.25) is 0 Å². The molecule has 3 aromatic carbocycles. The van der Waals surface area contributed by atoms with E-state index in [1.54, 1.807) is 61.5 Å². The number of amides is 2. The molecule has 1 heterocycles. The first kappa shape index (κ1) is 20.6. The molecule has 0 spiro atoms. The van der Waals surface area contributed by atoms with Gasteiger partial charge in [0.2, 0.25) is 5.91 Å². The molecule has 0 aliphatic carbocycles. The highest BCUT2D eigenvalue weighted by molar-refractivity contribution is 7.92. The van der Waals surface area contributed by atoms with E-state index in [1.807, 2.05) is 13.0 Å². The predicted molar refractivity (Wildman–Crippen MR) is 120 cm³/mol. The fourth-order valence-electron chi connectivity index (χ4n) is 3.51. The third-order valence-electron chi connectivity index (χ3n) is 5.01. The zero-order chi connectivity index (χ0) is 22.2. The predicted octanol–water partition coefficient (Wildman–Crippen LogP) is 3.70. The quantitative estimate of drug-likeness (QED) is 0.653. The summed E-state index contributed by atoms with van der Waals surface area (Å²) in [5.74, 6) is -0.762. The number of carbonyl (C=O) groups is 2. The summed E-state index contributed by atoms with van der Waals surface area (Å²) in [6, 6.07) is 18.5. The van der Waals surface area contributed by atoms with Gasteiger partial charge in [0, 0.05) is 11.3 Å². The maximum Gasteiger partial charge on any atom is 0.262 e. The minimum Gasteiger partial charge on any atom is -0.323 e. The Morgan fingerprint density at radius 3 is 2.55 bits per heavy atom. The fraction of sp³-hybridized carbons (Fsp3) is 0.130. The number of anilines is 3. The molecule has 0 bridgehead atoms. The number of sulfonamides is 1. The highest BCUT2D eigenvalue weighted by atomic mass is 32.2. The van der Waals surface area contributed by atoms with Crippen molar-refractivity contribution >= 4 is 38.9 Å². The van der Waals surface area contributed by atoms with E-state index in [9.17, 15) is 18.0 Å². The van der Waals surface area contributed by atoms with Gasteiger partial charge in [-0.3, -0.25) is 19.2 Å². The Labute approximate surface area is 180 Å². The van der Waals surface area contributed by atoms with E-state index in [0.29, 0.717) is 22.6 Å². The van der Waals surface area contributed by atoms with Crippen molar-refractivity contribution in [1.82, 2.24) is 0 Å². The smallest absolute Gasteiger partial charge is 0.262 e. The molecule has 3 aromatic rings. The second-order valence-electron chi connectivity index (χ2n) is 7.41. The van der Waals surface area contributed by atoms with Gasteiger partial charge in [0.1, 0.15) is 6.54 Å². The number of para-hydroxylation sites is 2. The van der Waals surface area contributed by atoms with Crippen LogP contribution >= 0.6 is 0 Å². The number of hydrogen-bond acceptors (Lipinski definition) is 4. The molecule has 2 N–H and O–H groups in total. The molecule has 8 heteroatoms. The summed E-state index contributed by atoms with van der Waals surface area (Å²) in [6.07, 6.45) is 0. The number of rotatable bonds is 4. The van der Waals surface area contributed by atoms with Crippen LogP contribution in [0.25, 0.3) is 0 Å². The SMILES string of the molecule is Cc1cccc(NS(=O)(=O)c2cc(C(=O)N3CC(=O)Nc4ccccc43)ccc2C)c1. The monoisotopic (exact) mass is 435 g/mol. The Bertz CT molecular complexity index is 1300. The Morgan fingerprint density at radius 1 is 1.00 bits per heavy atom. The second-order valence-corrected chi connectivity index (χ2v) is 9.06. The van der Waals surface area contributed by atoms with Crippen LogP contribution in [0.15, 0.2) is 71.6 Å². The van der Waals surface area contributed by atoms with Gasteiger partial charge in [-0.25, -0.2) is 8.42 Å². The lowest BCUT2D eigenvalue weighted by atomic mass is 10.1. The van der Waals surface area contributed by atoms with Gasteiger partial charge in [-0.1, -0.05) is 30.3 Å². The first-order chi connectivity index (χ1) is 14.7. The molecule has 0 saturated heterocycles. The minimum absolute atomic E-state index is 0.00889. The molecular formula is C23H21N3O4S. The van der Waals surface area contributed by atoms with Gasteiger partial charge in [-0.2, -0.15) is 0 Å². The van der Waals surface area contributed by atoms with Crippen molar-refractivity contribution in [1.29, 1.82) is 0 Å². The average molecular weight is 436 g/mol. The van der Waals surface area contributed by atoms with E-state index in [0.717, 1.165) is 5.56 Å². The molecule has 1 aliphatic heterocycles. The summed E-state index contributed by atoms with van der Waals surface area (Å²) in [4.78, 5) is 26.7. The molecule has 0 atom stereocenters. The summed E-state index contributed by atoms with van der Waals surface area (Å²) in [7, 11) is -3.92. The lowest BCUT2D eigenvalue weighted by Gasteiger charge is -2.29. The molecule has 0 saturated carbocycles. The fourth-order valence-corrected chi connectivity index (χ4v) is 4.83. The van der Waals surface area contributed by atoms with Crippen molar-refractivity contribution in [3.8, 4) is 0 Å². The van der Waals surface area contributed by atoms with Gasteiger partial charge in [0.25, 0.3) is 15.9 Å². The molecule has 2 amide bonds. The Morgan fingerprint density at radius 2 is 1.77 bits per heavy atom. The number of fused-ring (bicyclic) bond motifs is 1. The zero-order valence-corrected chi connectivity index (χ0v) is 17.9. The van der Waals surface area contributed by atoms with Gasteiger partial charge < -0.3 is 5.32 Å². The first-order valence-corrected chi connectivity index (χ1v) is 11.1. The largest absolute Gasteiger partial charge is 0.323 e. The van der Waals surface area contributed by atoms with E-state index in [4.69, 9.17) is 0 Å². The van der Waals surface area contributed by atoms with Crippen molar-refractivity contribution in [3.63, 3.8) is 0 Å². The highest BCUT2D eigenvalue weighted by Gasteiger charge is 2.28. The zero-order valence-electron chi connectivity index (χ0n) is 17.0. The van der Waals surface area contributed by atoms with Crippen LogP contribution in [0.4, 0.5) is 17.1 Å². The molecule has 1 aliphatic rings. The molecule has 0 aromatic heterocycles. The minimum atomic E-state index is -3.92. The maximum absolute atomic E-state index is 13.2. The summed E-state index contributed by atoms with van der Waals surface area (Å²) in [5.41, 5.74) is 3.15. The number of nitrogens with zero attached hydrogens (tertiary/aromatic N) is 1. The summed E-state index contributed by atoms with van der Waals surface area (Å²) in [5, 5.41) is 2.73. The molecule has 7 nitrogen and oxygen atoms in total. The van der Waals surface area contributed by atoms with Crippen molar-refractivity contribution in [3.05, 3.63) is 83.4 Å². The van der Waals surface area contributed by atoms with Gasteiger partial charge in [-0.15, -0.1) is 0 Å². The van der Waals surface area contributed by atoms with Crippen molar-refractivity contribution in [2.75, 3.05) is 21.5 Å². The lowest BCUT2D eigenvalue weighted by molar-refractivity contribution is -0.115. The van der Waals surface area contributed by atoms with E-state index < -0.39 is 15.9 Å². The van der Waals surface area contributed by atoms with Crippen molar-refractivity contribution in [2.24, 2.45) is 0 Å². The lowest BCUT2D eigenvalue weighted by Crippen LogP contribution is -2.42. The normalized spacial score (nSPS) is 13.4. The maximum atomic E-state index is 13.2. The Kier molecular flexibility index (Phi) is 5.24. The molecule has 4 rings (SSSR count). The molecule has 158 valence electrons. The van der Waals surface area contributed by atoms with Crippen LogP contribution in [-0.2, 0) is 14.8 Å². The van der Waals surface area contributed by atoms with Crippen molar-refractivity contribution in [2.45, 2.75) is 18.7 Å². The topological polar surface area (TPSA) is 95.6 Å². The third-order valence-corrected chi connectivity index (χ3v) is 6.53. The molecule has 0 radical (unpaired) electrons. The molecular weight excluding hydrogens is 414 g/mol. The van der Waals surface area contributed by atoms with Crippen LogP contribution in [0.5, 0.6) is 0 Å². The third kappa shape index (κ3) is 4.15. The number of nitrogens with one attached hydrogen (secondary N) is 2. The van der Waals surface area contributed by atoms with Gasteiger partial charge in [0.15, 0.2) is 0 Å².